The summed E-state index contributed by atoms with van der Waals surface area (Å²) in [6, 6.07) is 11.0. The van der Waals surface area contributed by atoms with Crippen molar-refractivity contribution >= 4 is 17.6 Å². The summed E-state index contributed by atoms with van der Waals surface area (Å²) in [6.45, 7) is 3.47. The maximum absolute atomic E-state index is 13.2. The molecule has 0 saturated heterocycles. The first-order valence-electron chi connectivity index (χ1n) is 10.5. The summed E-state index contributed by atoms with van der Waals surface area (Å²) in [5.41, 5.74) is 3.08. The number of fused-ring (bicyclic) bond motifs is 3. The standard InChI is InChI=1S/C22H27N5O/c1-2-12-25-19-15-27(18-10-6-7-11-18)24-20(19)21-23-17(14-26(21)22(25)28)13-16-8-4-3-5-9-16/h3-5,8-9,15,17-18H,2,6-7,10-14H2,1H3/t17-/m1/s1. The predicted octanol–water partition coefficient (Wildman–Crippen LogP) is 4.02. The van der Waals surface area contributed by atoms with Gasteiger partial charge < -0.3 is 0 Å². The van der Waals surface area contributed by atoms with Crippen molar-refractivity contribution in [3.63, 3.8) is 0 Å². The molecule has 1 aromatic heterocycles. The number of aliphatic imine (C=N–C) groups is 1. The minimum Gasteiger partial charge on any atom is -0.290 e. The van der Waals surface area contributed by atoms with Crippen molar-refractivity contribution in [2.24, 2.45) is 4.99 Å². The Kier molecular flexibility index (Phi) is 4.41. The molecule has 2 aromatic rings. The molecule has 2 aliphatic heterocycles. The maximum atomic E-state index is 13.2. The van der Waals surface area contributed by atoms with Crippen molar-refractivity contribution in [3.05, 3.63) is 47.8 Å². The van der Waals surface area contributed by atoms with E-state index >= 15 is 0 Å². The van der Waals surface area contributed by atoms with Crippen molar-refractivity contribution in [3.8, 4) is 0 Å². The van der Waals surface area contributed by atoms with E-state index in [2.05, 4.69) is 42.1 Å². The van der Waals surface area contributed by atoms with Crippen molar-refractivity contribution in [2.45, 2.75) is 57.5 Å². The highest BCUT2D eigenvalue weighted by Crippen LogP contribution is 2.36. The van der Waals surface area contributed by atoms with Crippen LogP contribution >= 0.6 is 0 Å². The van der Waals surface area contributed by atoms with Gasteiger partial charge in [-0.15, -0.1) is 0 Å². The molecule has 1 atom stereocenters. The van der Waals surface area contributed by atoms with Gasteiger partial charge in [0.05, 0.1) is 24.3 Å². The highest BCUT2D eigenvalue weighted by molar-refractivity contribution is 6.19. The number of carbonyl (C=O) groups excluding carboxylic acids is 1. The average Bonchev–Trinajstić information content (AvgIpc) is 3.44. The lowest BCUT2D eigenvalue weighted by molar-refractivity contribution is 0.227. The van der Waals surface area contributed by atoms with Crippen molar-refractivity contribution in [1.29, 1.82) is 0 Å². The molecular weight excluding hydrogens is 350 g/mol. The number of amidine groups is 1. The number of amides is 2. The number of hydrogen-bond donors (Lipinski definition) is 0. The molecule has 0 spiro atoms. The Morgan fingerprint density at radius 2 is 1.93 bits per heavy atom. The molecule has 1 fully saturated rings. The number of aromatic nitrogens is 2. The zero-order chi connectivity index (χ0) is 19.1. The normalized spacial score (nSPS) is 21.8. The number of rotatable bonds is 5. The second-order valence-corrected chi connectivity index (χ2v) is 8.12. The third-order valence-electron chi connectivity index (χ3n) is 6.09. The van der Waals surface area contributed by atoms with Gasteiger partial charge in [-0.05, 0) is 31.2 Å². The van der Waals surface area contributed by atoms with Crippen LogP contribution in [0.15, 0.2) is 41.5 Å². The number of urea groups is 1. The lowest BCUT2D eigenvalue weighted by atomic mass is 10.1. The Balaban J connectivity index is 1.49. The van der Waals surface area contributed by atoms with E-state index in [0.717, 1.165) is 36.6 Å². The maximum Gasteiger partial charge on any atom is 0.330 e. The lowest BCUT2D eigenvalue weighted by Gasteiger charge is -2.32. The topological polar surface area (TPSA) is 53.7 Å². The highest BCUT2D eigenvalue weighted by atomic mass is 16.2. The first kappa shape index (κ1) is 17.5. The molecule has 3 heterocycles. The van der Waals surface area contributed by atoms with Crippen LogP contribution < -0.4 is 4.90 Å². The summed E-state index contributed by atoms with van der Waals surface area (Å²) in [6.07, 6.45) is 8.74. The van der Waals surface area contributed by atoms with Gasteiger partial charge in [0.2, 0.25) is 0 Å². The molecule has 1 saturated carbocycles. The number of anilines is 1. The molecule has 28 heavy (non-hydrogen) atoms. The van der Waals surface area contributed by atoms with Gasteiger partial charge in [0.15, 0.2) is 11.5 Å². The van der Waals surface area contributed by atoms with E-state index in [-0.39, 0.29) is 12.1 Å². The van der Waals surface area contributed by atoms with Gasteiger partial charge in [0.25, 0.3) is 0 Å². The van der Waals surface area contributed by atoms with Crippen LogP contribution in [0.4, 0.5) is 10.5 Å². The van der Waals surface area contributed by atoms with Gasteiger partial charge in [-0.25, -0.2) is 4.79 Å². The van der Waals surface area contributed by atoms with Gasteiger partial charge >= 0.3 is 6.03 Å². The van der Waals surface area contributed by atoms with Crippen LogP contribution in [0.2, 0.25) is 0 Å². The third kappa shape index (κ3) is 2.91. The molecule has 2 amide bonds. The summed E-state index contributed by atoms with van der Waals surface area (Å²) >= 11 is 0. The monoisotopic (exact) mass is 377 g/mol. The van der Waals surface area contributed by atoms with E-state index in [1.165, 1.54) is 31.2 Å². The zero-order valence-electron chi connectivity index (χ0n) is 16.4. The fourth-order valence-electron chi connectivity index (χ4n) is 4.72. The van der Waals surface area contributed by atoms with Gasteiger partial charge in [-0.1, -0.05) is 50.1 Å². The van der Waals surface area contributed by atoms with Crippen LogP contribution in [-0.4, -0.2) is 45.7 Å². The first-order chi connectivity index (χ1) is 13.7. The van der Waals surface area contributed by atoms with Crippen LogP contribution in [-0.2, 0) is 6.42 Å². The van der Waals surface area contributed by atoms with Gasteiger partial charge in [0.1, 0.15) is 0 Å². The van der Waals surface area contributed by atoms with Crippen LogP contribution in [0.3, 0.4) is 0 Å². The fraction of sp³-hybridized carbons (Fsp3) is 0.500. The van der Waals surface area contributed by atoms with Crippen LogP contribution in [0, 0.1) is 0 Å². The molecule has 146 valence electrons. The molecule has 0 unspecified atom stereocenters. The Bertz CT molecular complexity index is 897. The first-order valence-corrected chi connectivity index (χ1v) is 10.5. The quantitative estimate of drug-likeness (QED) is 0.790. The van der Waals surface area contributed by atoms with Gasteiger partial charge in [-0.3, -0.25) is 19.5 Å². The van der Waals surface area contributed by atoms with Crippen LogP contribution in [0.5, 0.6) is 0 Å². The SMILES string of the molecule is CCCN1C(=O)N2C[C@@H](Cc3ccccc3)N=C2c2nn(C3CCCC3)cc21. The molecule has 1 aliphatic carbocycles. The third-order valence-corrected chi connectivity index (χ3v) is 6.09. The van der Waals surface area contributed by atoms with Gasteiger partial charge in [-0.2, -0.15) is 5.10 Å². The van der Waals surface area contributed by atoms with Gasteiger partial charge in [0, 0.05) is 12.7 Å². The highest BCUT2D eigenvalue weighted by Gasteiger charge is 2.42. The number of benzene rings is 1. The Morgan fingerprint density at radius 1 is 1.14 bits per heavy atom. The van der Waals surface area contributed by atoms with Crippen LogP contribution in [0.25, 0.3) is 0 Å². The largest absolute Gasteiger partial charge is 0.330 e. The van der Waals surface area contributed by atoms with E-state index in [1.54, 1.807) is 0 Å². The number of carbonyl (C=O) groups is 1. The lowest BCUT2D eigenvalue weighted by Crippen LogP contribution is -2.50. The van der Waals surface area contributed by atoms with E-state index in [1.807, 2.05) is 15.9 Å². The Labute approximate surface area is 165 Å². The van der Waals surface area contributed by atoms with Crippen molar-refractivity contribution < 1.29 is 4.79 Å². The summed E-state index contributed by atoms with van der Waals surface area (Å²) in [5.74, 6) is 0.769. The smallest absolute Gasteiger partial charge is 0.290 e. The van der Waals surface area contributed by atoms with E-state index in [0.29, 0.717) is 12.6 Å². The molecule has 5 rings (SSSR count). The van der Waals surface area contributed by atoms with Crippen molar-refractivity contribution in [2.75, 3.05) is 18.0 Å². The molecule has 3 aliphatic rings. The van der Waals surface area contributed by atoms with E-state index in [4.69, 9.17) is 10.1 Å². The minimum atomic E-state index is 0.0506. The van der Waals surface area contributed by atoms with E-state index in [9.17, 15) is 4.79 Å². The number of nitrogens with zero attached hydrogens (tertiary/aromatic N) is 5. The zero-order valence-corrected chi connectivity index (χ0v) is 16.4. The summed E-state index contributed by atoms with van der Waals surface area (Å²) < 4.78 is 2.10. The van der Waals surface area contributed by atoms with Crippen molar-refractivity contribution in [1.82, 2.24) is 14.7 Å². The molecule has 0 bridgehead atoms. The molecular formula is C22H27N5O. The summed E-state index contributed by atoms with van der Waals surface area (Å²) in [5, 5.41) is 4.93. The summed E-state index contributed by atoms with van der Waals surface area (Å²) in [4.78, 5) is 21.9. The Morgan fingerprint density at radius 3 is 2.68 bits per heavy atom. The average molecular weight is 377 g/mol. The second-order valence-electron chi connectivity index (χ2n) is 8.12. The van der Waals surface area contributed by atoms with E-state index < -0.39 is 0 Å². The number of hydrogen-bond acceptors (Lipinski definition) is 3. The Hall–Kier alpha value is -2.63. The molecule has 6 nitrogen and oxygen atoms in total. The minimum absolute atomic E-state index is 0.0506. The molecule has 0 radical (unpaired) electrons. The molecule has 1 aromatic carbocycles. The predicted molar refractivity (Wildman–Crippen MR) is 110 cm³/mol. The second kappa shape index (κ2) is 7.08. The fourth-order valence-corrected chi connectivity index (χ4v) is 4.72. The van der Waals surface area contributed by atoms with Crippen LogP contribution in [0.1, 0.15) is 56.3 Å². The summed E-state index contributed by atoms with van der Waals surface area (Å²) in [7, 11) is 0. The molecule has 6 heteroatoms. The molecule has 0 N–H and O–H groups in total.